The summed E-state index contributed by atoms with van der Waals surface area (Å²) in [7, 11) is 0. The fourth-order valence-corrected chi connectivity index (χ4v) is 2.51. The van der Waals surface area contributed by atoms with Crippen LogP contribution in [-0.2, 0) is 6.54 Å². The molecule has 0 aromatic heterocycles. The molecule has 0 fully saturated rings. The van der Waals surface area contributed by atoms with Crippen LogP contribution in [0.3, 0.4) is 0 Å². The first-order valence-electron chi connectivity index (χ1n) is 6.56. The molecule has 0 spiro atoms. The fourth-order valence-electron chi connectivity index (χ4n) is 2.28. The average Bonchev–Trinajstić information content (AvgIpc) is 2.25. The zero-order valence-corrected chi connectivity index (χ0v) is 12.4. The predicted molar refractivity (Wildman–Crippen MR) is 76.3 cm³/mol. The molecule has 3 heteroatoms. The third-order valence-electron chi connectivity index (χ3n) is 3.42. The summed E-state index contributed by atoms with van der Waals surface area (Å²) in [5.74, 6) is 1.66. The molecule has 1 rings (SSSR count). The fraction of sp³-hybridized carbons (Fsp3) is 0.600. The van der Waals surface area contributed by atoms with E-state index in [0.717, 1.165) is 12.1 Å². The van der Waals surface area contributed by atoms with Gasteiger partial charge < -0.3 is 5.32 Å². The van der Waals surface area contributed by atoms with Crippen molar-refractivity contribution in [2.45, 2.75) is 34.2 Å². The van der Waals surface area contributed by atoms with Crippen LogP contribution in [0, 0.1) is 23.6 Å². The van der Waals surface area contributed by atoms with E-state index < -0.39 is 0 Å². The summed E-state index contributed by atoms with van der Waals surface area (Å²) in [5.41, 5.74) is 0.948. The van der Waals surface area contributed by atoms with Crippen molar-refractivity contribution >= 4 is 11.6 Å². The zero-order chi connectivity index (χ0) is 13.7. The predicted octanol–water partition coefficient (Wildman–Crippen LogP) is 4.50. The molecule has 0 atom stereocenters. The summed E-state index contributed by atoms with van der Waals surface area (Å²) < 4.78 is 12.9. The number of hydrogen-bond acceptors (Lipinski definition) is 1. The number of halogens is 2. The van der Waals surface area contributed by atoms with E-state index >= 15 is 0 Å². The van der Waals surface area contributed by atoms with Crippen LogP contribution in [0.2, 0.25) is 5.02 Å². The van der Waals surface area contributed by atoms with Crippen LogP contribution in [0.1, 0.15) is 33.3 Å². The minimum atomic E-state index is -0.286. The van der Waals surface area contributed by atoms with Gasteiger partial charge in [0.15, 0.2) is 0 Å². The summed E-state index contributed by atoms with van der Waals surface area (Å²) in [4.78, 5) is 0. The van der Waals surface area contributed by atoms with Crippen molar-refractivity contribution in [3.05, 3.63) is 34.6 Å². The van der Waals surface area contributed by atoms with Gasteiger partial charge in [0.2, 0.25) is 0 Å². The minimum absolute atomic E-state index is 0.286. The number of benzene rings is 1. The molecule has 0 saturated carbocycles. The third kappa shape index (κ3) is 4.58. The van der Waals surface area contributed by atoms with E-state index in [-0.39, 0.29) is 5.82 Å². The highest BCUT2D eigenvalue weighted by Gasteiger charge is 2.16. The second kappa shape index (κ2) is 7.10. The van der Waals surface area contributed by atoms with Crippen LogP contribution in [0.15, 0.2) is 18.2 Å². The van der Waals surface area contributed by atoms with Crippen molar-refractivity contribution in [3.63, 3.8) is 0 Å². The van der Waals surface area contributed by atoms with Crippen molar-refractivity contribution < 1.29 is 4.39 Å². The van der Waals surface area contributed by atoms with Gasteiger partial charge in [-0.25, -0.2) is 4.39 Å². The molecule has 1 aromatic rings. The molecule has 18 heavy (non-hydrogen) atoms. The first kappa shape index (κ1) is 15.5. The van der Waals surface area contributed by atoms with Gasteiger partial charge in [0.05, 0.1) is 0 Å². The van der Waals surface area contributed by atoms with Crippen LogP contribution in [0.25, 0.3) is 0 Å². The molecule has 0 amide bonds. The van der Waals surface area contributed by atoms with Crippen LogP contribution < -0.4 is 5.32 Å². The Labute approximate surface area is 115 Å². The summed E-state index contributed by atoms with van der Waals surface area (Å²) in [6.07, 6.45) is 0. The topological polar surface area (TPSA) is 12.0 Å². The second-order valence-electron chi connectivity index (χ2n) is 5.52. The molecule has 0 bridgehead atoms. The Morgan fingerprint density at radius 1 is 1.17 bits per heavy atom. The molecule has 1 nitrogen and oxygen atoms in total. The summed E-state index contributed by atoms with van der Waals surface area (Å²) in [5, 5.41) is 3.91. The highest BCUT2D eigenvalue weighted by atomic mass is 35.5. The summed E-state index contributed by atoms with van der Waals surface area (Å²) in [6, 6.07) is 4.55. The van der Waals surface area contributed by atoms with Gasteiger partial charge in [-0.05, 0) is 42.0 Å². The molecule has 1 aromatic carbocycles. The first-order valence-corrected chi connectivity index (χ1v) is 6.94. The van der Waals surface area contributed by atoms with E-state index in [1.165, 1.54) is 12.1 Å². The number of nitrogens with one attached hydrogen (secondary N) is 1. The van der Waals surface area contributed by atoms with Crippen LogP contribution in [0.5, 0.6) is 0 Å². The molecule has 0 aliphatic rings. The lowest BCUT2D eigenvalue weighted by molar-refractivity contribution is 0.275. The van der Waals surface area contributed by atoms with Crippen LogP contribution >= 0.6 is 11.6 Å². The molecule has 0 unspecified atom stereocenters. The molecular formula is C15H23ClFN. The highest BCUT2D eigenvalue weighted by molar-refractivity contribution is 6.31. The van der Waals surface area contributed by atoms with Gasteiger partial charge in [-0.3, -0.25) is 0 Å². The number of rotatable bonds is 6. The van der Waals surface area contributed by atoms with Crippen molar-refractivity contribution in [3.8, 4) is 0 Å². The maximum atomic E-state index is 12.9. The van der Waals surface area contributed by atoms with E-state index in [1.807, 2.05) is 0 Å². The van der Waals surface area contributed by atoms with Gasteiger partial charge in [0, 0.05) is 11.6 Å². The van der Waals surface area contributed by atoms with Crippen molar-refractivity contribution in [1.82, 2.24) is 5.32 Å². The Morgan fingerprint density at radius 3 is 2.28 bits per heavy atom. The zero-order valence-electron chi connectivity index (χ0n) is 11.6. The van der Waals surface area contributed by atoms with Crippen LogP contribution in [0.4, 0.5) is 4.39 Å². The van der Waals surface area contributed by atoms with E-state index in [4.69, 9.17) is 11.6 Å². The second-order valence-corrected chi connectivity index (χ2v) is 5.93. The quantitative estimate of drug-likeness (QED) is 0.803. The largest absolute Gasteiger partial charge is 0.312 e. The van der Waals surface area contributed by atoms with Gasteiger partial charge in [0.25, 0.3) is 0 Å². The normalized spacial score (nSPS) is 11.8. The van der Waals surface area contributed by atoms with Gasteiger partial charge in [-0.2, -0.15) is 0 Å². The average molecular weight is 272 g/mol. The molecular weight excluding hydrogens is 249 g/mol. The summed E-state index contributed by atoms with van der Waals surface area (Å²) in [6.45, 7) is 10.6. The Bertz CT molecular complexity index is 369. The van der Waals surface area contributed by atoms with Crippen molar-refractivity contribution in [1.29, 1.82) is 0 Å². The Balaban J connectivity index is 2.50. The maximum absolute atomic E-state index is 12.9. The van der Waals surface area contributed by atoms with Gasteiger partial charge in [0.1, 0.15) is 5.82 Å². The Hall–Kier alpha value is -0.600. The Morgan fingerprint density at radius 2 is 1.78 bits per heavy atom. The third-order valence-corrected chi connectivity index (χ3v) is 3.78. The monoisotopic (exact) mass is 271 g/mol. The van der Waals surface area contributed by atoms with E-state index in [1.54, 1.807) is 6.07 Å². The van der Waals surface area contributed by atoms with Gasteiger partial charge in [-0.15, -0.1) is 0 Å². The standard InChI is InChI=1S/C15H23ClFN/c1-10(2)14(11(3)4)9-18-8-12-5-6-13(17)7-15(12)16/h5-7,10-11,14,18H,8-9H2,1-4H3. The molecule has 0 aliphatic heterocycles. The first-order chi connectivity index (χ1) is 8.41. The molecule has 0 radical (unpaired) electrons. The summed E-state index contributed by atoms with van der Waals surface area (Å²) >= 11 is 5.99. The van der Waals surface area contributed by atoms with E-state index in [9.17, 15) is 4.39 Å². The van der Waals surface area contributed by atoms with E-state index in [0.29, 0.717) is 29.3 Å². The lowest BCUT2D eigenvalue weighted by atomic mass is 9.85. The van der Waals surface area contributed by atoms with Gasteiger partial charge >= 0.3 is 0 Å². The molecule has 0 saturated heterocycles. The molecule has 1 N–H and O–H groups in total. The maximum Gasteiger partial charge on any atom is 0.124 e. The van der Waals surface area contributed by atoms with E-state index in [2.05, 4.69) is 33.0 Å². The van der Waals surface area contributed by atoms with Crippen molar-refractivity contribution in [2.75, 3.05) is 6.54 Å². The SMILES string of the molecule is CC(C)C(CNCc1ccc(F)cc1Cl)C(C)C. The van der Waals surface area contributed by atoms with Crippen molar-refractivity contribution in [2.24, 2.45) is 17.8 Å². The van der Waals surface area contributed by atoms with Gasteiger partial charge in [-0.1, -0.05) is 45.4 Å². The molecule has 0 aliphatic carbocycles. The molecule has 0 heterocycles. The number of hydrogen-bond donors (Lipinski definition) is 1. The highest BCUT2D eigenvalue weighted by Crippen LogP contribution is 2.20. The molecule has 102 valence electrons. The lowest BCUT2D eigenvalue weighted by Gasteiger charge is -2.25. The minimum Gasteiger partial charge on any atom is -0.312 e. The smallest absolute Gasteiger partial charge is 0.124 e. The van der Waals surface area contributed by atoms with Crippen LogP contribution in [-0.4, -0.2) is 6.54 Å². The Kier molecular flexibility index (Phi) is 6.10. The lowest BCUT2D eigenvalue weighted by Crippen LogP contribution is -2.29.